The van der Waals surface area contributed by atoms with Gasteiger partial charge in [-0.25, -0.2) is 4.79 Å². The van der Waals surface area contributed by atoms with Gasteiger partial charge in [-0.2, -0.15) is 0 Å². The molecule has 0 aliphatic heterocycles. The van der Waals surface area contributed by atoms with E-state index in [9.17, 15) is 4.79 Å². The van der Waals surface area contributed by atoms with Crippen molar-refractivity contribution in [3.63, 3.8) is 0 Å². The fourth-order valence-corrected chi connectivity index (χ4v) is 1.47. The summed E-state index contributed by atoms with van der Waals surface area (Å²) in [7, 11) is 0. The quantitative estimate of drug-likeness (QED) is 0.643. The van der Waals surface area contributed by atoms with Gasteiger partial charge in [0.25, 0.3) is 0 Å². The topological polar surface area (TPSA) is 35.5 Å². The Morgan fingerprint density at radius 3 is 2.29 bits per heavy atom. The third-order valence-corrected chi connectivity index (χ3v) is 2.08. The Hall–Kier alpha value is -0.730. The average molecular weight is 202 g/mol. The van der Waals surface area contributed by atoms with E-state index < -0.39 is 6.16 Å². The van der Waals surface area contributed by atoms with Crippen LogP contribution < -0.4 is 0 Å². The molecule has 3 heteroatoms. The first-order valence-corrected chi connectivity index (χ1v) is 5.66. The van der Waals surface area contributed by atoms with Crippen molar-refractivity contribution in [2.45, 2.75) is 59.0 Å². The van der Waals surface area contributed by atoms with E-state index in [1.807, 2.05) is 13.8 Å². The fraction of sp³-hybridized carbons (Fsp3) is 0.909. The van der Waals surface area contributed by atoms with Crippen molar-refractivity contribution in [2.24, 2.45) is 0 Å². The number of carbonyl (C=O) groups is 1. The van der Waals surface area contributed by atoms with Gasteiger partial charge in [0.15, 0.2) is 0 Å². The van der Waals surface area contributed by atoms with Crippen LogP contribution in [-0.4, -0.2) is 18.9 Å². The summed E-state index contributed by atoms with van der Waals surface area (Å²) in [6.45, 7) is 6.17. The van der Waals surface area contributed by atoms with Gasteiger partial charge in [0, 0.05) is 0 Å². The summed E-state index contributed by atoms with van der Waals surface area (Å²) in [6, 6.07) is 0. The second-order valence-electron chi connectivity index (χ2n) is 3.06. The van der Waals surface area contributed by atoms with E-state index >= 15 is 0 Å². The number of ether oxygens (including phenoxy) is 2. The number of hydrogen-bond acceptors (Lipinski definition) is 3. The van der Waals surface area contributed by atoms with E-state index in [4.69, 9.17) is 4.74 Å². The predicted molar refractivity (Wildman–Crippen MR) is 56.3 cm³/mol. The van der Waals surface area contributed by atoms with E-state index in [1.165, 1.54) is 19.3 Å². The molecule has 0 atom stereocenters. The van der Waals surface area contributed by atoms with Gasteiger partial charge in [-0.05, 0) is 32.6 Å². The molecule has 0 radical (unpaired) electrons. The van der Waals surface area contributed by atoms with Crippen LogP contribution in [0.25, 0.3) is 0 Å². The predicted octanol–water partition coefficient (Wildman–Crippen LogP) is 3.52. The van der Waals surface area contributed by atoms with Gasteiger partial charge in [-0.1, -0.05) is 20.3 Å². The highest BCUT2D eigenvalue weighted by atomic mass is 16.7. The van der Waals surface area contributed by atoms with E-state index in [1.54, 1.807) is 6.92 Å². The van der Waals surface area contributed by atoms with Crippen LogP contribution in [0.1, 0.15) is 52.9 Å². The first-order chi connectivity index (χ1) is 6.83. The van der Waals surface area contributed by atoms with E-state index in [2.05, 4.69) is 4.74 Å². The van der Waals surface area contributed by atoms with Gasteiger partial charge in [-0.15, -0.1) is 0 Å². The first kappa shape index (κ1) is 13.3. The second kappa shape index (κ2) is 8.85. The highest BCUT2D eigenvalue weighted by Gasteiger charge is 2.17. The number of carbonyl (C=O) groups excluding carboxylic acids is 1. The van der Waals surface area contributed by atoms with Crippen molar-refractivity contribution in [2.75, 3.05) is 6.61 Å². The molecule has 0 bridgehead atoms. The van der Waals surface area contributed by atoms with Gasteiger partial charge >= 0.3 is 6.16 Å². The molecule has 1 aliphatic carbocycles. The molecule has 84 valence electrons. The molecule has 0 aromatic rings. The van der Waals surface area contributed by atoms with Crippen LogP contribution in [0, 0.1) is 0 Å². The van der Waals surface area contributed by atoms with E-state index in [0.29, 0.717) is 6.61 Å². The molecule has 0 unspecified atom stereocenters. The van der Waals surface area contributed by atoms with Crippen molar-refractivity contribution in [1.29, 1.82) is 0 Å². The Morgan fingerprint density at radius 1 is 1.21 bits per heavy atom. The minimum absolute atomic E-state index is 0.109. The van der Waals surface area contributed by atoms with Crippen molar-refractivity contribution in [3.05, 3.63) is 0 Å². The molecule has 0 aromatic heterocycles. The van der Waals surface area contributed by atoms with Crippen LogP contribution in [0.15, 0.2) is 0 Å². The maximum absolute atomic E-state index is 10.9. The Kier molecular flexibility index (Phi) is 8.39. The molecule has 3 nitrogen and oxygen atoms in total. The molecule has 1 fully saturated rings. The average Bonchev–Trinajstić information content (AvgIpc) is 2.22. The first-order valence-electron chi connectivity index (χ1n) is 5.66. The molecule has 1 saturated carbocycles. The molecule has 14 heavy (non-hydrogen) atoms. The largest absolute Gasteiger partial charge is 0.508 e. The van der Waals surface area contributed by atoms with Gasteiger partial charge in [0.1, 0.15) is 6.10 Å². The SMILES string of the molecule is CC.CCOC(=O)OC1CCCCC1. The second-order valence-corrected chi connectivity index (χ2v) is 3.06. The summed E-state index contributed by atoms with van der Waals surface area (Å²) in [6.07, 6.45) is 5.20. The lowest BCUT2D eigenvalue weighted by atomic mass is 9.98. The van der Waals surface area contributed by atoms with Crippen LogP contribution in [0.4, 0.5) is 4.79 Å². The third-order valence-electron chi connectivity index (χ3n) is 2.08. The van der Waals surface area contributed by atoms with E-state index in [0.717, 1.165) is 12.8 Å². The molecule has 0 amide bonds. The zero-order chi connectivity index (χ0) is 10.8. The van der Waals surface area contributed by atoms with Gasteiger partial charge in [-0.3, -0.25) is 0 Å². The maximum atomic E-state index is 10.9. The lowest BCUT2D eigenvalue weighted by Crippen LogP contribution is -2.21. The summed E-state index contributed by atoms with van der Waals surface area (Å²) in [5.41, 5.74) is 0. The number of rotatable bonds is 2. The summed E-state index contributed by atoms with van der Waals surface area (Å²) in [4.78, 5) is 10.9. The molecule has 0 aromatic carbocycles. The molecule has 0 N–H and O–H groups in total. The lowest BCUT2D eigenvalue weighted by Gasteiger charge is -2.20. The highest BCUT2D eigenvalue weighted by Crippen LogP contribution is 2.20. The Balaban J connectivity index is 0.000000791. The van der Waals surface area contributed by atoms with Crippen LogP contribution >= 0.6 is 0 Å². The minimum Gasteiger partial charge on any atom is -0.435 e. The minimum atomic E-state index is -0.510. The Labute approximate surface area is 86.8 Å². The maximum Gasteiger partial charge on any atom is 0.508 e. The lowest BCUT2D eigenvalue weighted by molar-refractivity contribution is 0.0138. The van der Waals surface area contributed by atoms with Crippen LogP contribution in [0.5, 0.6) is 0 Å². The number of hydrogen-bond donors (Lipinski definition) is 0. The highest BCUT2D eigenvalue weighted by molar-refractivity contribution is 5.60. The van der Waals surface area contributed by atoms with Crippen LogP contribution in [0.3, 0.4) is 0 Å². The summed E-state index contributed by atoms with van der Waals surface area (Å²) in [5.74, 6) is 0. The smallest absolute Gasteiger partial charge is 0.435 e. The Bertz CT molecular complexity index is 139. The zero-order valence-corrected chi connectivity index (χ0v) is 9.54. The normalized spacial score (nSPS) is 16.5. The molecule has 0 spiro atoms. The monoisotopic (exact) mass is 202 g/mol. The standard InChI is InChI=1S/C9H16O3.C2H6/c1-2-11-9(10)12-8-6-4-3-5-7-8;1-2/h8H,2-7H2,1H3;1-2H3. The van der Waals surface area contributed by atoms with E-state index in [-0.39, 0.29) is 6.10 Å². The van der Waals surface area contributed by atoms with Crippen molar-refractivity contribution in [3.8, 4) is 0 Å². The molecular weight excluding hydrogens is 180 g/mol. The summed E-state index contributed by atoms with van der Waals surface area (Å²) < 4.78 is 9.75. The molecule has 1 rings (SSSR count). The van der Waals surface area contributed by atoms with Gasteiger partial charge in [0.05, 0.1) is 6.61 Å². The molecular formula is C11H22O3. The van der Waals surface area contributed by atoms with Crippen LogP contribution in [-0.2, 0) is 9.47 Å². The van der Waals surface area contributed by atoms with Crippen molar-refractivity contribution >= 4 is 6.16 Å². The van der Waals surface area contributed by atoms with Crippen molar-refractivity contribution in [1.82, 2.24) is 0 Å². The Morgan fingerprint density at radius 2 is 1.79 bits per heavy atom. The third kappa shape index (κ3) is 5.84. The van der Waals surface area contributed by atoms with Gasteiger partial charge < -0.3 is 9.47 Å². The van der Waals surface area contributed by atoms with Crippen molar-refractivity contribution < 1.29 is 14.3 Å². The molecule has 1 aliphatic rings. The molecule has 0 saturated heterocycles. The summed E-state index contributed by atoms with van der Waals surface area (Å²) in [5, 5.41) is 0. The molecule has 0 heterocycles. The zero-order valence-electron chi connectivity index (χ0n) is 9.54. The fourth-order valence-electron chi connectivity index (χ4n) is 1.47. The van der Waals surface area contributed by atoms with Crippen LogP contribution in [0.2, 0.25) is 0 Å². The summed E-state index contributed by atoms with van der Waals surface area (Å²) >= 11 is 0. The van der Waals surface area contributed by atoms with Gasteiger partial charge in [0.2, 0.25) is 0 Å².